The normalized spacial score (nSPS) is 24.8. The summed E-state index contributed by atoms with van der Waals surface area (Å²) in [7, 11) is -1.47. The topological polar surface area (TPSA) is 113 Å². The van der Waals surface area contributed by atoms with Crippen LogP contribution in [0.4, 0.5) is 19.1 Å². The molecule has 4 rings (SSSR count). The summed E-state index contributed by atoms with van der Waals surface area (Å²) in [5.41, 5.74) is 1.74. The molecule has 4 heterocycles. The highest BCUT2D eigenvalue weighted by molar-refractivity contribution is 7.91. The Hall–Kier alpha value is -1.99. The van der Waals surface area contributed by atoms with Gasteiger partial charge in [-0.05, 0) is 12.8 Å². The minimum atomic E-state index is -5.08. The highest BCUT2D eigenvalue weighted by atomic mass is 32.2. The van der Waals surface area contributed by atoms with Crippen molar-refractivity contribution in [2.24, 2.45) is 0 Å². The first kappa shape index (κ1) is 23.7. The Labute approximate surface area is 178 Å². The van der Waals surface area contributed by atoms with Gasteiger partial charge in [-0.1, -0.05) is 0 Å². The van der Waals surface area contributed by atoms with E-state index in [-0.39, 0.29) is 16.9 Å². The lowest BCUT2D eigenvalue weighted by atomic mass is 10.00. The van der Waals surface area contributed by atoms with Crippen LogP contribution in [-0.4, -0.2) is 92.2 Å². The summed E-state index contributed by atoms with van der Waals surface area (Å²) < 4.78 is 62.2. The maximum absolute atomic E-state index is 12.7. The molecule has 0 bridgehead atoms. The smallest absolute Gasteiger partial charge is 0.475 e. The summed E-state index contributed by atoms with van der Waals surface area (Å²) in [6, 6.07) is 0. The molecule has 2 saturated heterocycles. The fourth-order valence-electron chi connectivity index (χ4n) is 4.12. The molecule has 0 aliphatic carbocycles. The number of methoxy groups -OCH3 is 1. The number of alkyl halides is 3. The van der Waals surface area contributed by atoms with Crippen molar-refractivity contribution in [2.75, 3.05) is 51.3 Å². The molecule has 0 saturated carbocycles. The summed E-state index contributed by atoms with van der Waals surface area (Å²) >= 11 is 0. The van der Waals surface area contributed by atoms with Crippen molar-refractivity contribution < 1.29 is 36.2 Å². The van der Waals surface area contributed by atoms with Crippen LogP contribution in [0.2, 0.25) is 0 Å². The third-order valence-electron chi connectivity index (χ3n) is 5.64. The third kappa shape index (κ3) is 5.44. The SMILES string of the molecule is COCCN1C[C@@H]2c3nc(N4CCCC4)ncc3CS(=O)(=O)[C@@H]2C1.O=C(O)C(F)(F)F. The summed E-state index contributed by atoms with van der Waals surface area (Å²) in [6.45, 7) is 4.68. The van der Waals surface area contributed by atoms with Gasteiger partial charge >= 0.3 is 12.1 Å². The van der Waals surface area contributed by atoms with E-state index in [0.29, 0.717) is 13.2 Å². The Balaban J connectivity index is 0.000000339. The van der Waals surface area contributed by atoms with Crippen LogP contribution in [0.3, 0.4) is 0 Å². The molecule has 3 aliphatic rings. The van der Waals surface area contributed by atoms with Crippen LogP contribution in [-0.2, 0) is 25.1 Å². The van der Waals surface area contributed by atoms with E-state index in [9.17, 15) is 21.6 Å². The highest BCUT2D eigenvalue weighted by Gasteiger charge is 2.47. The van der Waals surface area contributed by atoms with Crippen molar-refractivity contribution in [2.45, 2.75) is 35.9 Å². The largest absolute Gasteiger partial charge is 0.490 e. The van der Waals surface area contributed by atoms with Gasteiger partial charge in [0.2, 0.25) is 5.95 Å². The van der Waals surface area contributed by atoms with E-state index >= 15 is 0 Å². The van der Waals surface area contributed by atoms with Crippen LogP contribution in [0.15, 0.2) is 6.20 Å². The molecule has 174 valence electrons. The zero-order chi connectivity index (χ0) is 22.8. The first-order valence-corrected chi connectivity index (χ1v) is 11.6. The predicted octanol–water partition coefficient (Wildman–Crippen LogP) is 1.05. The summed E-state index contributed by atoms with van der Waals surface area (Å²) in [4.78, 5) is 22.5. The van der Waals surface area contributed by atoms with Crippen molar-refractivity contribution in [3.05, 3.63) is 17.5 Å². The number of nitrogens with zero attached hydrogens (tertiary/aromatic N) is 4. The lowest BCUT2D eigenvalue weighted by molar-refractivity contribution is -0.192. The molecule has 0 radical (unpaired) electrons. The van der Waals surface area contributed by atoms with Gasteiger partial charge in [0, 0.05) is 57.5 Å². The molecule has 1 aromatic heterocycles. The van der Waals surface area contributed by atoms with E-state index in [4.69, 9.17) is 19.6 Å². The van der Waals surface area contributed by atoms with Crippen LogP contribution >= 0.6 is 0 Å². The summed E-state index contributed by atoms with van der Waals surface area (Å²) in [5, 5.41) is 6.78. The number of aromatic nitrogens is 2. The Morgan fingerprint density at radius 1 is 1.29 bits per heavy atom. The number of hydrogen-bond donors (Lipinski definition) is 1. The van der Waals surface area contributed by atoms with Gasteiger partial charge in [-0.2, -0.15) is 13.2 Å². The minimum Gasteiger partial charge on any atom is -0.475 e. The number of rotatable bonds is 4. The summed E-state index contributed by atoms with van der Waals surface area (Å²) in [5.74, 6) is -1.96. The zero-order valence-corrected chi connectivity index (χ0v) is 17.8. The lowest BCUT2D eigenvalue weighted by Crippen LogP contribution is -2.35. The number of anilines is 1. The standard InChI is InChI=1S/C16H24N4O3S.C2HF3O2/c1-23-7-6-19-9-13-14(10-19)24(21,22)11-12-8-17-16(18-15(12)13)20-4-2-3-5-20;3-2(4,5)1(6)7/h8,13-14H,2-7,9-11H2,1H3;(H,6,7)/t13-,14+;/m0./s1. The van der Waals surface area contributed by atoms with Crippen molar-refractivity contribution in [3.8, 4) is 0 Å². The molecule has 13 heteroatoms. The second kappa shape index (κ2) is 9.25. The van der Waals surface area contributed by atoms with Gasteiger partial charge in [0.1, 0.15) is 0 Å². The number of sulfone groups is 1. The first-order chi connectivity index (χ1) is 14.5. The number of likely N-dealkylation sites (tertiary alicyclic amines) is 1. The average Bonchev–Trinajstić information content (AvgIpc) is 3.36. The number of ether oxygens (including phenoxy) is 1. The van der Waals surface area contributed by atoms with Gasteiger partial charge < -0.3 is 14.7 Å². The number of carbonyl (C=O) groups is 1. The molecular formula is C18H25F3N4O5S. The van der Waals surface area contributed by atoms with Crippen LogP contribution in [0.1, 0.15) is 30.0 Å². The molecule has 0 unspecified atom stereocenters. The van der Waals surface area contributed by atoms with Gasteiger partial charge in [0.15, 0.2) is 9.84 Å². The van der Waals surface area contributed by atoms with Gasteiger partial charge in [-0.3, -0.25) is 4.90 Å². The Morgan fingerprint density at radius 3 is 2.52 bits per heavy atom. The van der Waals surface area contributed by atoms with E-state index in [1.165, 1.54) is 12.8 Å². The van der Waals surface area contributed by atoms with E-state index in [2.05, 4.69) is 14.8 Å². The number of halogens is 3. The average molecular weight is 466 g/mol. The number of carboxylic acid groups (broad SMARTS) is 1. The van der Waals surface area contributed by atoms with Crippen LogP contribution < -0.4 is 4.90 Å². The number of hydrogen-bond acceptors (Lipinski definition) is 8. The monoisotopic (exact) mass is 466 g/mol. The van der Waals surface area contributed by atoms with Gasteiger partial charge in [0.05, 0.1) is 23.3 Å². The Bertz CT molecular complexity index is 906. The Kier molecular flexibility index (Phi) is 7.06. The van der Waals surface area contributed by atoms with Crippen LogP contribution in [0, 0.1) is 0 Å². The molecule has 1 aromatic rings. The van der Waals surface area contributed by atoms with E-state index in [1.807, 2.05) is 0 Å². The maximum atomic E-state index is 12.7. The van der Waals surface area contributed by atoms with E-state index < -0.39 is 22.0 Å². The second-order valence-electron chi connectivity index (χ2n) is 7.78. The molecule has 9 nitrogen and oxygen atoms in total. The quantitative estimate of drug-likeness (QED) is 0.696. The molecule has 2 atom stereocenters. The minimum absolute atomic E-state index is 0.0417. The zero-order valence-electron chi connectivity index (χ0n) is 17.0. The molecule has 0 amide bonds. The molecule has 0 spiro atoms. The van der Waals surface area contributed by atoms with Gasteiger partial charge in [0.25, 0.3) is 0 Å². The maximum Gasteiger partial charge on any atom is 0.490 e. The molecule has 1 N–H and O–H groups in total. The van der Waals surface area contributed by atoms with Crippen molar-refractivity contribution >= 4 is 21.8 Å². The molecule has 31 heavy (non-hydrogen) atoms. The Morgan fingerprint density at radius 2 is 1.94 bits per heavy atom. The fourth-order valence-corrected chi connectivity index (χ4v) is 6.14. The number of fused-ring (bicyclic) bond motifs is 3. The molecular weight excluding hydrogens is 441 g/mol. The van der Waals surface area contributed by atoms with Crippen LogP contribution in [0.5, 0.6) is 0 Å². The third-order valence-corrected chi connectivity index (χ3v) is 7.75. The molecule has 2 fully saturated rings. The van der Waals surface area contributed by atoms with Crippen molar-refractivity contribution in [1.82, 2.24) is 14.9 Å². The molecule has 3 aliphatic heterocycles. The van der Waals surface area contributed by atoms with Crippen LogP contribution in [0.25, 0.3) is 0 Å². The molecule has 0 aromatic carbocycles. The van der Waals surface area contributed by atoms with Gasteiger partial charge in [-0.15, -0.1) is 0 Å². The number of carboxylic acids is 1. The number of aliphatic carboxylic acids is 1. The van der Waals surface area contributed by atoms with E-state index in [0.717, 1.165) is 43.4 Å². The highest BCUT2D eigenvalue weighted by Crippen LogP contribution is 2.39. The van der Waals surface area contributed by atoms with Crippen molar-refractivity contribution in [1.29, 1.82) is 0 Å². The van der Waals surface area contributed by atoms with E-state index in [1.54, 1.807) is 13.3 Å². The fraction of sp³-hybridized carbons (Fsp3) is 0.722. The van der Waals surface area contributed by atoms with Gasteiger partial charge in [-0.25, -0.2) is 23.2 Å². The summed E-state index contributed by atoms with van der Waals surface area (Å²) in [6.07, 6.45) is -1.00. The van der Waals surface area contributed by atoms with Crippen molar-refractivity contribution in [3.63, 3.8) is 0 Å². The lowest BCUT2D eigenvalue weighted by Gasteiger charge is -2.27. The second-order valence-corrected chi connectivity index (χ2v) is 10.0. The first-order valence-electron chi connectivity index (χ1n) is 9.86. The predicted molar refractivity (Wildman–Crippen MR) is 105 cm³/mol.